The van der Waals surface area contributed by atoms with Gasteiger partial charge in [-0.1, -0.05) is 33.1 Å². The second-order valence-corrected chi connectivity index (χ2v) is 6.02. The molecule has 21 heavy (non-hydrogen) atoms. The maximum atomic E-state index is 5.46. The molecular formula is C17H31N3O. The molecule has 2 heterocycles. The summed E-state index contributed by atoms with van der Waals surface area (Å²) in [6, 6.07) is 0. The molecule has 1 saturated heterocycles. The summed E-state index contributed by atoms with van der Waals surface area (Å²) in [4.78, 5) is 7.37. The lowest BCUT2D eigenvalue weighted by atomic mass is 10.1. The number of anilines is 1. The van der Waals surface area contributed by atoms with E-state index in [1.807, 2.05) is 0 Å². The summed E-state index contributed by atoms with van der Waals surface area (Å²) in [7, 11) is 2.19. The summed E-state index contributed by atoms with van der Waals surface area (Å²) in [6.45, 7) is 8.09. The normalized spacial score (nSPS) is 15.7. The van der Waals surface area contributed by atoms with E-state index in [-0.39, 0.29) is 0 Å². The highest BCUT2D eigenvalue weighted by molar-refractivity contribution is 5.38. The molecule has 1 fully saturated rings. The summed E-state index contributed by atoms with van der Waals surface area (Å²) < 4.78 is 7.80. The largest absolute Gasteiger partial charge is 0.378 e. The standard InChI is InChI=1S/C17H31N3O/c1-4-6-8-9-15-16(10-7-5-2)19(3)17(18-15)20-11-13-21-14-12-20/h4-14H2,1-3H3. The molecule has 2 rings (SSSR count). The zero-order valence-corrected chi connectivity index (χ0v) is 14.0. The van der Waals surface area contributed by atoms with Crippen molar-refractivity contribution in [2.45, 2.75) is 58.8 Å². The fourth-order valence-electron chi connectivity index (χ4n) is 3.02. The molecule has 0 aliphatic carbocycles. The molecule has 4 nitrogen and oxygen atoms in total. The van der Waals surface area contributed by atoms with Crippen LogP contribution in [0.1, 0.15) is 57.3 Å². The minimum atomic E-state index is 0.822. The Bertz CT molecular complexity index is 422. The van der Waals surface area contributed by atoms with E-state index in [2.05, 4.69) is 30.4 Å². The van der Waals surface area contributed by atoms with Crippen molar-refractivity contribution in [1.82, 2.24) is 9.55 Å². The van der Waals surface area contributed by atoms with E-state index in [9.17, 15) is 0 Å². The average Bonchev–Trinajstić information content (AvgIpc) is 2.83. The Morgan fingerprint density at radius 3 is 2.38 bits per heavy atom. The number of morpholine rings is 1. The Labute approximate surface area is 129 Å². The van der Waals surface area contributed by atoms with E-state index in [0.29, 0.717) is 0 Å². The van der Waals surface area contributed by atoms with Crippen LogP contribution >= 0.6 is 0 Å². The van der Waals surface area contributed by atoms with Gasteiger partial charge in [-0.25, -0.2) is 4.98 Å². The van der Waals surface area contributed by atoms with Crippen LogP contribution < -0.4 is 4.90 Å². The molecule has 4 heteroatoms. The molecule has 0 bridgehead atoms. The van der Waals surface area contributed by atoms with Gasteiger partial charge in [0.05, 0.1) is 18.9 Å². The topological polar surface area (TPSA) is 30.3 Å². The molecule has 0 amide bonds. The number of ether oxygens (including phenoxy) is 1. The predicted octanol–water partition coefficient (Wildman–Crippen LogP) is 3.33. The van der Waals surface area contributed by atoms with Crippen molar-refractivity contribution in [2.24, 2.45) is 7.05 Å². The molecule has 0 N–H and O–H groups in total. The molecule has 0 saturated carbocycles. The zero-order chi connectivity index (χ0) is 15.1. The van der Waals surface area contributed by atoms with Gasteiger partial charge in [0.1, 0.15) is 0 Å². The lowest BCUT2D eigenvalue weighted by Crippen LogP contribution is -2.37. The van der Waals surface area contributed by atoms with Gasteiger partial charge in [0.15, 0.2) is 0 Å². The molecule has 1 aromatic heterocycles. The monoisotopic (exact) mass is 293 g/mol. The van der Waals surface area contributed by atoms with Crippen molar-refractivity contribution >= 4 is 5.95 Å². The molecule has 0 unspecified atom stereocenters. The highest BCUT2D eigenvalue weighted by Crippen LogP contribution is 2.22. The van der Waals surface area contributed by atoms with Crippen LogP contribution in [-0.4, -0.2) is 35.9 Å². The molecule has 0 radical (unpaired) electrons. The van der Waals surface area contributed by atoms with Crippen LogP contribution in [0.25, 0.3) is 0 Å². The van der Waals surface area contributed by atoms with E-state index in [1.165, 1.54) is 43.5 Å². The number of unbranched alkanes of at least 4 members (excludes halogenated alkanes) is 3. The summed E-state index contributed by atoms with van der Waals surface area (Å²) in [6.07, 6.45) is 8.62. The minimum absolute atomic E-state index is 0.822. The van der Waals surface area contributed by atoms with E-state index in [1.54, 1.807) is 0 Å². The van der Waals surface area contributed by atoms with E-state index < -0.39 is 0 Å². The van der Waals surface area contributed by atoms with Gasteiger partial charge in [-0.2, -0.15) is 0 Å². The summed E-state index contributed by atoms with van der Waals surface area (Å²) in [5.74, 6) is 1.15. The first kappa shape index (κ1) is 16.3. The van der Waals surface area contributed by atoms with E-state index >= 15 is 0 Å². The lowest BCUT2D eigenvalue weighted by molar-refractivity contribution is 0.121. The van der Waals surface area contributed by atoms with Crippen LogP contribution in [0.15, 0.2) is 0 Å². The first-order valence-electron chi connectivity index (χ1n) is 8.65. The highest BCUT2D eigenvalue weighted by Gasteiger charge is 2.20. The predicted molar refractivity (Wildman–Crippen MR) is 88.1 cm³/mol. The summed E-state index contributed by atoms with van der Waals surface area (Å²) >= 11 is 0. The summed E-state index contributed by atoms with van der Waals surface area (Å²) in [5, 5.41) is 0. The van der Waals surface area contributed by atoms with Crippen molar-refractivity contribution in [1.29, 1.82) is 0 Å². The molecular weight excluding hydrogens is 262 g/mol. The third-order valence-electron chi connectivity index (χ3n) is 4.35. The van der Waals surface area contributed by atoms with Crippen molar-refractivity contribution < 1.29 is 4.74 Å². The van der Waals surface area contributed by atoms with E-state index in [4.69, 9.17) is 9.72 Å². The third-order valence-corrected chi connectivity index (χ3v) is 4.35. The van der Waals surface area contributed by atoms with Crippen LogP contribution in [0.5, 0.6) is 0 Å². The third kappa shape index (κ3) is 4.22. The first-order chi connectivity index (χ1) is 10.3. The molecule has 1 aliphatic rings. The average molecular weight is 293 g/mol. The minimum Gasteiger partial charge on any atom is -0.378 e. The van der Waals surface area contributed by atoms with Gasteiger partial charge >= 0.3 is 0 Å². The van der Waals surface area contributed by atoms with E-state index in [0.717, 1.165) is 45.1 Å². The second kappa shape index (κ2) is 8.42. The van der Waals surface area contributed by atoms with Gasteiger partial charge in [0, 0.05) is 25.8 Å². The van der Waals surface area contributed by atoms with Crippen LogP contribution in [0, 0.1) is 0 Å². The van der Waals surface area contributed by atoms with Crippen molar-refractivity contribution in [3.05, 3.63) is 11.4 Å². The number of aryl methyl sites for hydroxylation is 1. The number of nitrogens with zero attached hydrogens (tertiary/aromatic N) is 3. The van der Waals surface area contributed by atoms with Crippen LogP contribution in [0.3, 0.4) is 0 Å². The van der Waals surface area contributed by atoms with Gasteiger partial charge in [-0.05, 0) is 25.7 Å². The second-order valence-electron chi connectivity index (χ2n) is 6.02. The maximum Gasteiger partial charge on any atom is 0.205 e. The van der Waals surface area contributed by atoms with Gasteiger partial charge in [-0.3, -0.25) is 0 Å². The van der Waals surface area contributed by atoms with Crippen LogP contribution in [0.4, 0.5) is 5.95 Å². The Morgan fingerprint density at radius 2 is 1.71 bits per heavy atom. The van der Waals surface area contributed by atoms with Crippen LogP contribution in [-0.2, 0) is 24.6 Å². The first-order valence-corrected chi connectivity index (χ1v) is 8.65. The molecule has 1 aromatic rings. The number of imidazole rings is 1. The molecule has 120 valence electrons. The van der Waals surface area contributed by atoms with Crippen molar-refractivity contribution in [3.63, 3.8) is 0 Å². The number of hydrogen-bond acceptors (Lipinski definition) is 3. The smallest absolute Gasteiger partial charge is 0.205 e. The summed E-state index contributed by atoms with van der Waals surface area (Å²) in [5.41, 5.74) is 2.79. The van der Waals surface area contributed by atoms with Crippen molar-refractivity contribution in [2.75, 3.05) is 31.2 Å². The van der Waals surface area contributed by atoms with Gasteiger partial charge in [-0.15, -0.1) is 0 Å². The quantitative estimate of drug-likeness (QED) is 0.689. The molecule has 0 spiro atoms. The number of aromatic nitrogens is 2. The van der Waals surface area contributed by atoms with Gasteiger partial charge in [0.2, 0.25) is 5.95 Å². The van der Waals surface area contributed by atoms with Gasteiger partial charge < -0.3 is 14.2 Å². The highest BCUT2D eigenvalue weighted by atomic mass is 16.5. The fourth-order valence-corrected chi connectivity index (χ4v) is 3.02. The maximum absolute atomic E-state index is 5.46. The molecule has 0 aromatic carbocycles. The molecule has 1 aliphatic heterocycles. The van der Waals surface area contributed by atoms with Crippen molar-refractivity contribution in [3.8, 4) is 0 Å². The number of hydrogen-bond donors (Lipinski definition) is 0. The SMILES string of the molecule is CCCCCc1nc(N2CCOCC2)n(C)c1CCCC. The lowest BCUT2D eigenvalue weighted by Gasteiger charge is -2.27. The van der Waals surface area contributed by atoms with Gasteiger partial charge in [0.25, 0.3) is 0 Å². The zero-order valence-electron chi connectivity index (χ0n) is 14.0. The van der Waals surface area contributed by atoms with Crippen LogP contribution in [0.2, 0.25) is 0 Å². The fraction of sp³-hybridized carbons (Fsp3) is 0.824. The Hall–Kier alpha value is -1.03. The Kier molecular flexibility index (Phi) is 6.55. The Balaban J connectivity index is 2.15. The molecule has 0 atom stereocenters. The number of rotatable bonds is 8. The Morgan fingerprint density at radius 1 is 1.00 bits per heavy atom.